The molecule has 0 saturated heterocycles. The van der Waals surface area contributed by atoms with Crippen LogP contribution in [-0.4, -0.2) is 26.4 Å². The molecule has 0 bridgehead atoms. The quantitative estimate of drug-likeness (QED) is 0.455. The summed E-state index contributed by atoms with van der Waals surface area (Å²) in [5.74, 6) is 0.952. The van der Waals surface area contributed by atoms with Crippen molar-refractivity contribution in [2.75, 3.05) is 7.05 Å². The predicted octanol–water partition coefficient (Wildman–Crippen LogP) is 4.08. The van der Waals surface area contributed by atoms with E-state index in [-0.39, 0.29) is 0 Å². The molecule has 2 aromatic heterocycles. The minimum Gasteiger partial charge on any atom is -0.313 e. The molecule has 150 valence electrons. The Morgan fingerprint density at radius 1 is 1.14 bits per heavy atom. The standard InChI is InChI=1S/C22H25N5S2/c1-4-12-26-21(17-9-7-8-16(2)13-17)24-27(22(26)28)15-25(3)14-20-23-18-10-5-6-11-19(18)29-20/h5-11,13H,4,12,14-15H2,1-3H3/p+1. The Kier molecular flexibility index (Phi) is 5.89. The fourth-order valence-electron chi connectivity index (χ4n) is 3.53. The molecule has 1 unspecified atom stereocenters. The number of nitrogens with zero attached hydrogens (tertiary/aromatic N) is 4. The van der Waals surface area contributed by atoms with Crippen LogP contribution in [0.1, 0.15) is 23.9 Å². The SMILES string of the molecule is CCCn1c(-c2cccc(C)c2)nn(C[NH+](C)Cc2nc3ccccc3s2)c1=S. The summed E-state index contributed by atoms with van der Waals surface area (Å²) in [5.41, 5.74) is 3.42. The van der Waals surface area contributed by atoms with Gasteiger partial charge >= 0.3 is 0 Å². The van der Waals surface area contributed by atoms with E-state index in [1.54, 1.807) is 11.3 Å². The molecule has 1 atom stereocenters. The zero-order valence-corrected chi connectivity index (χ0v) is 18.7. The Morgan fingerprint density at radius 2 is 1.97 bits per heavy atom. The third kappa shape index (κ3) is 4.32. The van der Waals surface area contributed by atoms with Crippen molar-refractivity contribution in [1.82, 2.24) is 19.3 Å². The number of quaternary nitrogens is 1. The van der Waals surface area contributed by atoms with Crippen LogP contribution in [-0.2, 0) is 19.8 Å². The van der Waals surface area contributed by atoms with Crippen molar-refractivity contribution in [1.29, 1.82) is 0 Å². The van der Waals surface area contributed by atoms with Gasteiger partial charge in [-0.3, -0.25) is 4.57 Å². The first kappa shape index (κ1) is 19.9. The molecule has 0 aliphatic rings. The Balaban J connectivity index is 1.59. The summed E-state index contributed by atoms with van der Waals surface area (Å²) >= 11 is 7.55. The van der Waals surface area contributed by atoms with Gasteiger partial charge in [-0.15, -0.1) is 16.4 Å². The van der Waals surface area contributed by atoms with E-state index in [0.717, 1.165) is 46.2 Å². The fourth-order valence-corrected chi connectivity index (χ4v) is 4.90. The Labute approximate surface area is 180 Å². The van der Waals surface area contributed by atoms with Crippen LogP contribution in [0.15, 0.2) is 48.5 Å². The summed E-state index contributed by atoms with van der Waals surface area (Å²) in [7, 11) is 2.17. The minimum atomic E-state index is 0.713. The average Bonchev–Trinajstić information content (AvgIpc) is 3.23. The molecule has 4 aromatic rings. The van der Waals surface area contributed by atoms with Crippen LogP contribution >= 0.6 is 23.6 Å². The van der Waals surface area contributed by atoms with Gasteiger partial charge in [-0.1, -0.05) is 42.8 Å². The van der Waals surface area contributed by atoms with E-state index in [2.05, 4.69) is 67.9 Å². The topological polar surface area (TPSA) is 40.1 Å². The molecule has 1 N–H and O–H groups in total. The lowest BCUT2D eigenvalue weighted by atomic mass is 10.1. The number of hydrogen-bond donors (Lipinski definition) is 1. The Bertz CT molecular complexity index is 1150. The first-order valence-corrected chi connectivity index (χ1v) is 11.2. The number of rotatable bonds is 7. The van der Waals surface area contributed by atoms with Gasteiger partial charge in [-0.05, 0) is 43.8 Å². The van der Waals surface area contributed by atoms with Crippen LogP contribution in [0.25, 0.3) is 21.6 Å². The van der Waals surface area contributed by atoms with Crippen molar-refractivity contribution in [3.05, 3.63) is 63.9 Å². The van der Waals surface area contributed by atoms with E-state index in [9.17, 15) is 0 Å². The maximum atomic E-state index is 5.78. The van der Waals surface area contributed by atoms with Gasteiger partial charge in [0.15, 0.2) is 12.5 Å². The van der Waals surface area contributed by atoms with E-state index in [1.165, 1.54) is 15.2 Å². The van der Waals surface area contributed by atoms with E-state index in [1.807, 2.05) is 10.7 Å². The maximum absolute atomic E-state index is 5.78. The second-order valence-corrected chi connectivity index (χ2v) is 8.97. The van der Waals surface area contributed by atoms with Crippen LogP contribution in [0, 0.1) is 11.7 Å². The van der Waals surface area contributed by atoms with Crippen molar-refractivity contribution < 1.29 is 4.90 Å². The number of para-hydroxylation sites is 1. The van der Waals surface area contributed by atoms with Gasteiger partial charge < -0.3 is 4.90 Å². The number of aromatic nitrogens is 4. The highest BCUT2D eigenvalue weighted by Crippen LogP contribution is 2.21. The third-order valence-electron chi connectivity index (χ3n) is 4.86. The van der Waals surface area contributed by atoms with Crippen LogP contribution in [0.2, 0.25) is 0 Å². The van der Waals surface area contributed by atoms with Crippen molar-refractivity contribution >= 4 is 33.8 Å². The van der Waals surface area contributed by atoms with Crippen LogP contribution < -0.4 is 4.90 Å². The molecule has 0 radical (unpaired) electrons. The van der Waals surface area contributed by atoms with Crippen LogP contribution in [0.5, 0.6) is 0 Å². The lowest BCUT2D eigenvalue weighted by molar-refractivity contribution is -0.917. The van der Waals surface area contributed by atoms with Gasteiger partial charge in [-0.25, -0.2) is 4.98 Å². The van der Waals surface area contributed by atoms with Crippen molar-refractivity contribution in [3.63, 3.8) is 0 Å². The van der Waals surface area contributed by atoms with Gasteiger partial charge in [0.25, 0.3) is 0 Å². The molecule has 0 fully saturated rings. The second-order valence-electron chi connectivity index (χ2n) is 7.49. The molecule has 0 saturated carbocycles. The Hall–Kier alpha value is -2.35. The second kappa shape index (κ2) is 8.57. The molecule has 29 heavy (non-hydrogen) atoms. The third-order valence-corrected chi connectivity index (χ3v) is 6.32. The zero-order valence-electron chi connectivity index (χ0n) is 17.1. The molecule has 5 nitrogen and oxygen atoms in total. The summed E-state index contributed by atoms with van der Waals surface area (Å²) in [5, 5.41) is 6.04. The zero-order chi connectivity index (χ0) is 20.4. The molecule has 7 heteroatoms. The molecular weight excluding hydrogens is 398 g/mol. The van der Waals surface area contributed by atoms with Crippen molar-refractivity contribution in [2.24, 2.45) is 0 Å². The molecular formula is C22H26N5S2+. The number of aryl methyl sites for hydroxylation is 1. The van der Waals surface area contributed by atoms with Gasteiger partial charge in [0.2, 0.25) is 4.77 Å². The average molecular weight is 425 g/mol. The van der Waals surface area contributed by atoms with Crippen molar-refractivity contribution in [3.8, 4) is 11.4 Å². The number of hydrogen-bond acceptors (Lipinski definition) is 4. The van der Waals surface area contributed by atoms with E-state index in [4.69, 9.17) is 22.3 Å². The van der Waals surface area contributed by atoms with Gasteiger partial charge in [-0.2, -0.15) is 4.68 Å². The molecule has 2 aromatic carbocycles. The summed E-state index contributed by atoms with van der Waals surface area (Å²) in [6.45, 7) is 6.71. The van der Waals surface area contributed by atoms with Crippen LogP contribution in [0.3, 0.4) is 0 Å². The van der Waals surface area contributed by atoms with E-state index >= 15 is 0 Å². The lowest BCUT2D eigenvalue weighted by Gasteiger charge is -2.11. The molecule has 2 heterocycles. The molecule has 0 aliphatic carbocycles. The van der Waals surface area contributed by atoms with E-state index in [0.29, 0.717) is 6.67 Å². The monoisotopic (exact) mass is 424 g/mol. The molecule has 0 amide bonds. The largest absolute Gasteiger partial charge is 0.313 e. The fraction of sp³-hybridized carbons (Fsp3) is 0.318. The van der Waals surface area contributed by atoms with Gasteiger partial charge in [0.1, 0.15) is 11.6 Å². The molecule has 4 rings (SSSR count). The summed E-state index contributed by atoms with van der Waals surface area (Å²) in [6, 6.07) is 16.8. The number of fused-ring (bicyclic) bond motifs is 1. The number of nitrogens with one attached hydrogen (secondary N) is 1. The lowest BCUT2D eigenvalue weighted by Crippen LogP contribution is -3.07. The summed E-state index contributed by atoms with van der Waals surface area (Å²) < 4.78 is 6.15. The highest BCUT2D eigenvalue weighted by molar-refractivity contribution is 7.71. The number of benzene rings is 2. The highest BCUT2D eigenvalue weighted by Gasteiger charge is 2.16. The van der Waals surface area contributed by atoms with Crippen LogP contribution in [0.4, 0.5) is 0 Å². The smallest absolute Gasteiger partial charge is 0.203 e. The normalized spacial score (nSPS) is 12.5. The minimum absolute atomic E-state index is 0.713. The molecule has 0 spiro atoms. The van der Waals surface area contributed by atoms with Crippen molar-refractivity contribution in [2.45, 2.75) is 40.0 Å². The Morgan fingerprint density at radius 3 is 2.72 bits per heavy atom. The first-order chi connectivity index (χ1) is 14.0. The molecule has 0 aliphatic heterocycles. The van der Waals surface area contributed by atoms with E-state index < -0.39 is 0 Å². The summed E-state index contributed by atoms with van der Waals surface area (Å²) in [6.07, 6.45) is 1.02. The number of thiazole rings is 1. The maximum Gasteiger partial charge on any atom is 0.203 e. The first-order valence-electron chi connectivity index (χ1n) is 9.95. The highest BCUT2D eigenvalue weighted by atomic mass is 32.1. The van der Waals surface area contributed by atoms with Gasteiger partial charge in [0.05, 0.1) is 17.3 Å². The predicted molar refractivity (Wildman–Crippen MR) is 122 cm³/mol. The summed E-state index contributed by atoms with van der Waals surface area (Å²) in [4.78, 5) is 6.07. The van der Waals surface area contributed by atoms with Gasteiger partial charge in [0, 0.05) is 12.1 Å².